The van der Waals surface area contributed by atoms with E-state index >= 15 is 0 Å². The molecule has 0 aliphatic heterocycles. The molecule has 1 aromatic heterocycles. The molecule has 0 saturated heterocycles. The molecule has 5 nitrogen and oxygen atoms in total. The van der Waals surface area contributed by atoms with Crippen LogP contribution in [0.3, 0.4) is 0 Å². The minimum Gasteiger partial charge on any atom is -0.494 e. The van der Waals surface area contributed by atoms with Crippen LogP contribution in [0.4, 0.5) is 5.82 Å². The second-order valence-electron chi connectivity index (χ2n) is 8.40. The lowest BCUT2D eigenvalue weighted by Crippen LogP contribution is -1.99. The Balaban J connectivity index is 1.41. The number of nitrogens with zero attached hydrogens (tertiary/aromatic N) is 3. The van der Waals surface area contributed by atoms with Gasteiger partial charge in [0.25, 0.3) is 0 Å². The second kappa shape index (κ2) is 13.0. The van der Waals surface area contributed by atoms with Gasteiger partial charge in [0.1, 0.15) is 5.75 Å². The van der Waals surface area contributed by atoms with Crippen molar-refractivity contribution in [3.63, 3.8) is 0 Å². The number of nitrogens with one attached hydrogen (secondary N) is 1. The highest BCUT2D eigenvalue weighted by atomic mass is 16.5. The Kier molecular flexibility index (Phi) is 9.00. The second-order valence-corrected chi connectivity index (χ2v) is 8.40. The molecule has 0 spiro atoms. The lowest BCUT2D eigenvalue weighted by molar-refractivity contribution is 0.304. The van der Waals surface area contributed by atoms with Gasteiger partial charge in [0.15, 0.2) is 11.6 Å². The maximum atomic E-state index is 5.85. The van der Waals surface area contributed by atoms with Gasteiger partial charge >= 0.3 is 0 Å². The summed E-state index contributed by atoms with van der Waals surface area (Å²) in [6.45, 7) is 2.99. The molecule has 1 heterocycles. The van der Waals surface area contributed by atoms with Crippen LogP contribution in [-0.4, -0.2) is 22.8 Å². The quantitative estimate of drug-likeness (QED) is 0.133. The van der Waals surface area contributed by atoms with E-state index in [1.807, 2.05) is 91.0 Å². The van der Waals surface area contributed by atoms with Crippen molar-refractivity contribution in [2.24, 2.45) is 5.10 Å². The largest absolute Gasteiger partial charge is 0.494 e. The van der Waals surface area contributed by atoms with Gasteiger partial charge in [-0.25, -0.2) is 9.97 Å². The minimum atomic E-state index is 0.636. The molecule has 35 heavy (non-hydrogen) atoms. The topological polar surface area (TPSA) is 59.4 Å². The van der Waals surface area contributed by atoms with Crippen LogP contribution in [0.15, 0.2) is 96.1 Å². The van der Waals surface area contributed by atoms with Gasteiger partial charge in [-0.2, -0.15) is 5.10 Å². The highest BCUT2D eigenvalue weighted by Gasteiger charge is 2.08. The first-order valence-electron chi connectivity index (χ1n) is 12.3. The summed E-state index contributed by atoms with van der Waals surface area (Å²) in [6.07, 6.45) is 7.96. The first-order chi connectivity index (χ1) is 17.3. The number of hydrogen-bond donors (Lipinski definition) is 1. The van der Waals surface area contributed by atoms with Crippen molar-refractivity contribution in [1.29, 1.82) is 0 Å². The van der Waals surface area contributed by atoms with E-state index in [9.17, 15) is 0 Å². The molecule has 5 heteroatoms. The van der Waals surface area contributed by atoms with E-state index in [1.165, 1.54) is 25.7 Å². The van der Waals surface area contributed by atoms with Gasteiger partial charge in [0.05, 0.1) is 18.5 Å². The van der Waals surface area contributed by atoms with Crippen LogP contribution >= 0.6 is 0 Å². The highest BCUT2D eigenvalue weighted by Crippen LogP contribution is 2.24. The Labute approximate surface area is 207 Å². The van der Waals surface area contributed by atoms with Crippen molar-refractivity contribution in [3.8, 4) is 28.4 Å². The van der Waals surface area contributed by atoms with Crippen LogP contribution in [0.2, 0.25) is 0 Å². The SMILES string of the molecule is CCCCCCCOc1ccc(/C=N\Nc2cc(-c3ccccc3)nc(-c3ccccc3)n2)cc1. The summed E-state index contributed by atoms with van der Waals surface area (Å²) < 4.78 is 5.85. The van der Waals surface area contributed by atoms with E-state index in [0.29, 0.717) is 11.6 Å². The molecule has 4 aromatic rings. The summed E-state index contributed by atoms with van der Waals surface area (Å²) in [5.41, 5.74) is 6.88. The zero-order valence-electron chi connectivity index (χ0n) is 20.2. The Morgan fingerprint density at radius 1 is 0.771 bits per heavy atom. The van der Waals surface area contributed by atoms with Crippen LogP contribution in [0, 0.1) is 0 Å². The first-order valence-corrected chi connectivity index (χ1v) is 12.3. The molecule has 3 aromatic carbocycles. The first kappa shape index (κ1) is 24.1. The molecule has 0 saturated carbocycles. The summed E-state index contributed by atoms with van der Waals surface area (Å²) >= 11 is 0. The van der Waals surface area contributed by atoms with Gasteiger partial charge in [-0.3, -0.25) is 5.43 Å². The van der Waals surface area contributed by atoms with Crippen molar-refractivity contribution in [2.45, 2.75) is 39.0 Å². The molecule has 0 atom stereocenters. The Morgan fingerprint density at radius 2 is 1.46 bits per heavy atom. The van der Waals surface area contributed by atoms with E-state index in [1.54, 1.807) is 6.21 Å². The number of anilines is 1. The van der Waals surface area contributed by atoms with Crippen molar-refractivity contribution in [3.05, 3.63) is 96.6 Å². The van der Waals surface area contributed by atoms with E-state index in [-0.39, 0.29) is 0 Å². The molecule has 0 unspecified atom stereocenters. The summed E-state index contributed by atoms with van der Waals surface area (Å²) in [4.78, 5) is 9.46. The van der Waals surface area contributed by atoms with Gasteiger partial charge in [-0.1, -0.05) is 93.3 Å². The van der Waals surface area contributed by atoms with Crippen LogP contribution in [0.1, 0.15) is 44.6 Å². The average molecular weight is 465 g/mol. The predicted octanol–water partition coefficient (Wildman–Crippen LogP) is 7.61. The predicted molar refractivity (Wildman–Crippen MR) is 145 cm³/mol. The molecule has 0 aliphatic rings. The zero-order valence-corrected chi connectivity index (χ0v) is 20.2. The third-order valence-electron chi connectivity index (χ3n) is 5.62. The Bertz CT molecular complexity index is 1130. The number of unbranched alkanes of at least 4 members (excludes halogenated alkanes) is 4. The van der Waals surface area contributed by atoms with Crippen LogP contribution < -0.4 is 10.2 Å². The number of ether oxygens (including phenoxy) is 1. The zero-order chi connectivity index (χ0) is 24.1. The van der Waals surface area contributed by atoms with Crippen LogP contribution in [0.5, 0.6) is 5.75 Å². The standard InChI is InChI=1S/C30H32N4O/c1-2-3-4-5-12-21-35-27-19-17-24(18-20-27)23-31-34-29-22-28(25-13-8-6-9-14-25)32-30(33-29)26-15-10-7-11-16-26/h6-11,13-20,22-23H,2-5,12,21H2,1H3,(H,32,33,34)/b31-23-. The monoisotopic (exact) mass is 464 g/mol. The van der Waals surface area contributed by atoms with Gasteiger partial charge < -0.3 is 4.74 Å². The molecule has 0 fully saturated rings. The van der Waals surface area contributed by atoms with Crippen molar-refractivity contribution < 1.29 is 4.74 Å². The van der Waals surface area contributed by atoms with Crippen LogP contribution in [0.25, 0.3) is 22.6 Å². The van der Waals surface area contributed by atoms with Crippen molar-refractivity contribution in [1.82, 2.24) is 9.97 Å². The van der Waals surface area contributed by atoms with Gasteiger partial charge in [-0.15, -0.1) is 0 Å². The van der Waals surface area contributed by atoms with Crippen molar-refractivity contribution >= 4 is 12.0 Å². The molecule has 1 N–H and O–H groups in total. The normalized spacial score (nSPS) is 11.0. The van der Waals surface area contributed by atoms with Gasteiger partial charge in [-0.05, 0) is 36.2 Å². The highest BCUT2D eigenvalue weighted by molar-refractivity contribution is 5.80. The van der Waals surface area contributed by atoms with Gasteiger partial charge in [0.2, 0.25) is 0 Å². The number of benzene rings is 3. The van der Waals surface area contributed by atoms with Crippen LogP contribution in [-0.2, 0) is 0 Å². The smallest absolute Gasteiger partial charge is 0.162 e. The van der Waals surface area contributed by atoms with E-state index in [0.717, 1.165) is 41.2 Å². The summed E-state index contributed by atoms with van der Waals surface area (Å²) in [5, 5.41) is 4.41. The number of hydrogen-bond acceptors (Lipinski definition) is 5. The molecule has 0 radical (unpaired) electrons. The van der Waals surface area contributed by atoms with E-state index in [2.05, 4.69) is 22.4 Å². The summed E-state index contributed by atoms with van der Waals surface area (Å²) in [6, 6.07) is 29.9. The molecule has 178 valence electrons. The molecular formula is C30H32N4O. The molecule has 0 amide bonds. The molecule has 0 aliphatic carbocycles. The average Bonchev–Trinajstić information content (AvgIpc) is 2.92. The Hall–Kier alpha value is -3.99. The summed E-state index contributed by atoms with van der Waals surface area (Å²) in [7, 11) is 0. The molecular weight excluding hydrogens is 432 g/mol. The lowest BCUT2D eigenvalue weighted by atomic mass is 10.1. The van der Waals surface area contributed by atoms with Gasteiger partial charge in [0, 0.05) is 17.2 Å². The lowest BCUT2D eigenvalue weighted by Gasteiger charge is -2.08. The maximum Gasteiger partial charge on any atom is 0.162 e. The molecule has 0 bridgehead atoms. The summed E-state index contributed by atoms with van der Waals surface area (Å²) in [5.74, 6) is 2.18. The number of rotatable bonds is 12. The minimum absolute atomic E-state index is 0.636. The number of aromatic nitrogens is 2. The maximum absolute atomic E-state index is 5.85. The van der Waals surface area contributed by atoms with E-state index < -0.39 is 0 Å². The molecule has 4 rings (SSSR count). The van der Waals surface area contributed by atoms with Crippen molar-refractivity contribution in [2.75, 3.05) is 12.0 Å². The fourth-order valence-electron chi connectivity index (χ4n) is 3.70. The van der Waals surface area contributed by atoms with E-state index in [4.69, 9.17) is 9.72 Å². The third kappa shape index (κ3) is 7.51. The fourth-order valence-corrected chi connectivity index (χ4v) is 3.70. The Morgan fingerprint density at radius 3 is 2.17 bits per heavy atom. The third-order valence-corrected chi connectivity index (χ3v) is 5.62. The number of hydrazone groups is 1. The fraction of sp³-hybridized carbons (Fsp3) is 0.233.